The van der Waals surface area contributed by atoms with E-state index in [1.165, 1.54) is 7.11 Å². The second kappa shape index (κ2) is 6.71. The Morgan fingerprint density at radius 1 is 1.35 bits per heavy atom. The van der Waals surface area contributed by atoms with Crippen LogP contribution in [0.15, 0.2) is 24.3 Å². The minimum absolute atomic E-state index is 0.217. The van der Waals surface area contributed by atoms with Crippen LogP contribution in [0, 0.1) is 5.92 Å². The van der Waals surface area contributed by atoms with E-state index in [1.54, 1.807) is 38.1 Å². The predicted octanol–water partition coefficient (Wildman–Crippen LogP) is 0.886. The standard InChI is InChI=1S/C13H20N2O4S/c1-9(2)12(13(16)19-3)15-20(17,18)8-10-6-4-5-7-11(10)14/h4-7,9,12,15H,8,14H2,1-3H3. The first kappa shape index (κ1) is 16.5. The molecule has 20 heavy (non-hydrogen) atoms. The number of sulfonamides is 1. The van der Waals surface area contributed by atoms with Gasteiger partial charge in [0.25, 0.3) is 0 Å². The number of nitrogen functional groups attached to an aromatic ring is 1. The van der Waals surface area contributed by atoms with Crippen LogP contribution in [0.4, 0.5) is 5.69 Å². The Balaban J connectivity index is 2.89. The lowest BCUT2D eigenvalue weighted by molar-refractivity contribution is -0.143. The van der Waals surface area contributed by atoms with Gasteiger partial charge in [0.05, 0.1) is 12.9 Å². The van der Waals surface area contributed by atoms with Gasteiger partial charge >= 0.3 is 5.97 Å². The number of esters is 1. The quantitative estimate of drug-likeness (QED) is 0.600. The molecule has 1 atom stereocenters. The number of hydrogen-bond acceptors (Lipinski definition) is 5. The molecule has 0 saturated carbocycles. The summed E-state index contributed by atoms with van der Waals surface area (Å²) < 4.78 is 31.2. The van der Waals surface area contributed by atoms with Crippen LogP contribution in [0.5, 0.6) is 0 Å². The molecule has 0 spiro atoms. The first-order chi connectivity index (χ1) is 9.26. The van der Waals surface area contributed by atoms with Gasteiger partial charge < -0.3 is 10.5 Å². The number of nitrogens with two attached hydrogens (primary N) is 1. The van der Waals surface area contributed by atoms with Crippen LogP contribution in [-0.2, 0) is 25.3 Å². The van der Waals surface area contributed by atoms with Crippen LogP contribution in [-0.4, -0.2) is 27.5 Å². The van der Waals surface area contributed by atoms with Crippen molar-refractivity contribution in [3.63, 3.8) is 0 Å². The van der Waals surface area contributed by atoms with Crippen LogP contribution >= 0.6 is 0 Å². The number of rotatable bonds is 6. The number of carbonyl (C=O) groups is 1. The third-order valence-corrected chi connectivity index (χ3v) is 4.13. The summed E-state index contributed by atoms with van der Waals surface area (Å²) in [5.41, 5.74) is 6.61. The van der Waals surface area contributed by atoms with E-state index in [1.807, 2.05) is 0 Å². The molecule has 3 N–H and O–H groups in total. The Hall–Kier alpha value is -1.60. The number of ether oxygens (including phenoxy) is 1. The summed E-state index contributed by atoms with van der Waals surface area (Å²) in [6.07, 6.45) is 0. The Morgan fingerprint density at radius 3 is 2.45 bits per heavy atom. The number of hydrogen-bond donors (Lipinski definition) is 2. The third kappa shape index (κ3) is 4.50. The van der Waals surface area contributed by atoms with Gasteiger partial charge in [-0.3, -0.25) is 4.79 Å². The highest BCUT2D eigenvalue weighted by atomic mass is 32.2. The normalized spacial score (nSPS) is 13.2. The van der Waals surface area contributed by atoms with E-state index < -0.39 is 22.0 Å². The zero-order valence-electron chi connectivity index (χ0n) is 11.8. The smallest absolute Gasteiger partial charge is 0.324 e. The minimum atomic E-state index is -3.69. The van der Waals surface area contributed by atoms with E-state index in [-0.39, 0.29) is 11.7 Å². The molecule has 0 aliphatic heterocycles. The maximum Gasteiger partial charge on any atom is 0.324 e. The van der Waals surface area contributed by atoms with Gasteiger partial charge in [-0.1, -0.05) is 32.0 Å². The third-order valence-electron chi connectivity index (χ3n) is 2.83. The number of benzene rings is 1. The molecule has 0 amide bonds. The van der Waals surface area contributed by atoms with E-state index in [0.717, 1.165) is 0 Å². The summed E-state index contributed by atoms with van der Waals surface area (Å²) in [5, 5.41) is 0. The van der Waals surface area contributed by atoms with Crippen LogP contribution in [0.3, 0.4) is 0 Å². The predicted molar refractivity (Wildman–Crippen MR) is 77.3 cm³/mol. The highest BCUT2D eigenvalue weighted by Gasteiger charge is 2.28. The Bertz CT molecular complexity index is 569. The van der Waals surface area contributed by atoms with Crippen molar-refractivity contribution in [3.8, 4) is 0 Å². The number of anilines is 1. The van der Waals surface area contributed by atoms with Crippen molar-refractivity contribution in [2.75, 3.05) is 12.8 Å². The summed E-state index contributed by atoms with van der Waals surface area (Å²) in [6, 6.07) is 5.79. The van der Waals surface area contributed by atoms with Gasteiger partial charge in [0.2, 0.25) is 10.0 Å². The Kier molecular flexibility index (Phi) is 5.52. The average molecular weight is 300 g/mol. The highest BCUT2D eigenvalue weighted by molar-refractivity contribution is 7.88. The van der Waals surface area contributed by atoms with Crippen LogP contribution in [0.25, 0.3) is 0 Å². The topological polar surface area (TPSA) is 98.5 Å². The summed E-state index contributed by atoms with van der Waals surface area (Å²) in [6.45, 7) is 3.47. The molecule has 0 fully saturated rings. The molecule has 112 valence electrons. The molecule has 7 heteroatoms. The molecule has 6 nitrogen and oxygen atoms in total. The summed E-state index contributed by atoms with van der Waals surface area (Å²) in [4.78, 5) is 11.6. The van der Waals surface area contributed by atoms with Crippen molar-refractivity contribution < 1.29 is 17.9 Å². The van der Waals surface area contributed by atoms with Crippen molar-refractivity contribution in [1.29, 1.82) is 0 Å². The number of carbonyl (C=O) groups excluding carboxylic acids is 1. The first-order valence-corrected chi connectivity index (χ1v) is 7.83. The average Bonchev–Trinajstić information content (AvgIpc) is 2.37. The van der Waals surface area contributed by atoms with Crippen LogP contribution < -0.4 is 10.5 Å². The molecule has 1 aromatic carbocycles. The van der Waals surface area contributed by atoms with Gasteiger partial charge in [-0.2, -0.15) is 0 Å². The van der Waals surface area contributed by atoms with Crippen LogP contribution in [0.1, 0.15) is 19.4 Å². The fourth-order valence-corrected chi connectivity index (χ4v) is 3.20. The Labute approximate surface area is 119 Å². The maximum absolute atomic E-state index is 12.1. The van der Waals surface area contributed by atoms with E-state index in [4.69, 9.17) is 5.73 Å². The number of para-hydroxylation sites is 1. The van der Waals surface area contributed by atoms with E-state index in [0.29, 0.717) is 11.3 Å². The van der Waals surface area contributed by atoms with Crippen molar-refractivity contribution in [2.45, 2.75) is 25.6 Å². The molecule has 0 heterocycles. The van der Waals surface area contributed by atoms with Crippen molar-refractivity contribution in [3.05, 3.63) is 29.8 Å². The number of methoxy groups -OCH3 is 1. The van der Waals surface area contributed by atoms with Gasteiger partial charge in [0, 0.05) is 5.69 Å². The molecular formula is C13H20N2O4S. The van der Waals surface area contributed by atoms with Gasteiger partial charge in [0.15, 0.2) is 0 Å². The lowest BCUT2D eigenvalue weighted by Crippen LogP contribution is -2.45. The Morgan fingerprint density at radius 2 is 1.95 bits per heavy atom. The molecule has 1 rings (SSSR count). The fourth-order valence-electron chi connectivity index (χ4n) is 1.69. The molecule has 1 aromatic rings. The van der Waals surface area contributed by atoms with Gasteiger partial charge in [-0.05, 0) is 17.5 Å². The van der Waals surface area contributed by atoms with Gasteiger partial charge in [0.1, 0.15) is 6.04 Å². The van der Waals surface area contributed by atoms with Crippen molar-refractivity contribution in [2.24, 2.45) is 5.92 Å². The SMILES string of the molecule is COC(=O)C(NS(=O)(=O)Cc1ccccc1N)C(C)C. The fraction of sp³-hybridized carbons (Fsp3) is 0.462. The number of nitrogens with one attached hydrogen (secondary N) is 1. The zero-order valence-corrected chi connectivity index (χ0v) is 12.6. The van der Waals surface area contributed by atoms with Gasteiger partial charge in [-0.25, -0.2) is 13.1 Å². The lowest BCUT2D eigenvalue weighted by Gasteiger charge is -2.20. The monoisotopic (exact) mass is 300 g/mol. The molecule has 0 saturated heterocycles. The molecule has 0 radical (unpaired) electrons. The van der Waals surface area contributed by atoms with E-state index in [2.05, 4.69) is 9.46 Å². The van der Waals surface area contributed by atoms with Crippen molar-refractivity contribution in [1.82, 2.24) is 4.72 Å². The molecule has 0 aliphatic carbocycles. The first-order valence-electron chi connectivity index (χ1n) is 6.18. The summed E-state index contributed by atoms with van der Waals surface area (Å²) in [5.74, 6) is -1.10. The van der Waals surface area contributed by atoms with E-state index >= 15 is 0 Å². The lowest BCUT2D eigenvalue weighted by atomic mass is 10.1. The second-order valence-electron chi connectivity index (χ2n) is 4.82. The molecule has 0 aliphatic rings. The highest BCUT2D eigenvalue weighted by Crippen LogP contribution is 2.15. The minimum Gasteiger partial charge on any atom is -0.468 e. The molecule has 0 bridgehead atoms. The van der Waals surface area contributed by atoms with E-state index in [9.17, 15) is 13.2 Å². The second-order valence-corrected chi connectivity index (χ2v) is 6.57. The van der Waals surface area contributed by atoms with Crippen molar-refractivity contribution >= 4 is 21.7 Å². The zero-order chi connectivity index (χ0) is 15.3. The van der Waals surface area contributed by atoms with Gasteiger partial charge in [-0.15, -0.1) is 0 Å². The summed E-state index contributed by atoms with van der Waals surface area (Å²) >= 11 is 0. The molecular weight excluding hydrogens is 280 g/mol. The molecule has 0 aromatic heterocycles. The maximum atomic E-state index is 12.1. The largest absolute Gasteiger partial charge is 0.468 e. The summed E-state index contributed by atoms with van der Waals surface area (Å²) in [7, 11) is -2.46. The molecule has 1 unspecified atom stereocenters. The van der Waals surface area contributed by atoms with Crippen LogP contribution in [0.2, 0.25) is 0 Å².